The summed E-state index contributed by atoms with van der Waals surface area (Å²) in [7, 11) is 0. The number of nitrogens with zero attached hydrogens (tertiary/aromatic N) is 2. The summed E-state index contributed by atoms with van der Waals surface area (Å²) >= 11 is 0. The maximum absolute atomic E-state index is 11.7. The van der Waals surface area contributed by atoms with Crippen molar-refractivity contribution in [1.29, 1.82) is 0 Å². The number of carbonyl (C=O) groups is 1. The van der Waals surface area contributed by atoms with Gasteiger partial charge < -0.3 is 15.5 Å². The van der Waals surface area contributed by atoms with E-state index in [1.54, 1.807) is 0 Å². The summed E-state index contributed by atoms with van der Waals surface area (Å²) in [5.41, 5.74) is 5.81. The van der Waals surface area contributed by atoms with Gasteiger partial charge in [-0.3, -0.25) is 4.79 Å². The number of rotatable bonds is 2. The largest absolute Gasteiger partial charge is 0.337 e. The number of hydrogen-bond donors (Lipinski definition) is 1. The summed E-state index contributed by atoms with van der Waals surface area (Å²) in [5, 5.41) is 0. The van der Waals surface area contributed by atoms with Crippen LogP contribution in [0, 0.1) is 0 Å². The minimum Gasteiger partial charge on any atom is -0.337 e. The molecule has 2 atom stereocenters. The molecule has 15 heavy (non-hydrogen) atoms. The van der Waals surface area contributed by atoms with Crippen LogP contribution in [-0.4, -0.2) is 54.0 Å². The molecular formula is C11H21N3O. The van der Waals surface area contributed by atoms with Gasteiger partial charge in [-0.25, -0.2) is 0 Å². The van der Waals surface area contributed by atoms with Crippen LogP contribution in [0.2, 0.25) is 0 Å². The number of likely N-dealkylation sites (tertiary alicyclic amines) is 2. The molecule has 2 fully saturated rings. The zero-order valence-electron chi connectivity index (χ0n) is 9.48. The smallest absolute Gasteiger partial charge is 0.224 e. The second kappa shape index (κ2) is 4.49. The Balaban J connectivity index is 1.95. The fraction of sp³-hybridized carbons (Fsp3) is 0.909. The van der Waals surface area contributed by atoms with E-state index in [9.17, 15) is 4.79 Å². The van der Waals surface area contributed by atoms with E-state index < -0.39 is 0 Å². The molecule has 2 N–H and O–H groups in total. The second-order valence-electron chi connectivity index (χ2n) is 4.70. The summed E-state index contributed by atoms with van der Waals surface area (Å²) in [6.07, 6.45) is 2.90. The number of nitrogens with two attached hydrogens (primary N) is 1. The van der Waals surface area contributed by atoms with Crippen molar-refractivity contribution in [2.45, 2.75) is 38.3 Å². The Morgan fingerprint density at radius 2 is 2.27 bits per heavy atom. The molecule has 2 heterocycles. The highest BCUT2D eigenvalue weighted by molar-refractivity contribution is 5.79. The standard InChI is InChI=1S/C11H21N3O/c1-2-13-5-3-4-10(8-13)14-7-9(12)6-11(14)15/h9-10H,2-8,12H2,1H3. The first-order valence-corrected chi connectivity index (χ1v) is 5.98. The van der Waals surface area contributed by atoms with Crippen molar-refractivity contribution in [3.8, 4) is 0 Å². The zero-order valence-corrected chi connectivity index (χ0v) is 9.48. The Morgan fingerprint density at radius 3 is 2.87 bits per heavy atom. The first-order valence-electron chi connectivity index (χ1n) is 5.98. The molecule has 4 heteroatoms. The minimum atomic E-state index is 0.0644. The van der Waals surface area contributed by atoms with Gasteiger partial charge in [0.1, 0.15) is 0 Å². The molecule has 0 saturated carbocycles. The van der Waals surface area contributed by atoms with Crippen molar-refractivity contribution < 1.29 is 4.79 Å². The highest BCUT2D eigenvalue weighted by atomic mass is 16.2. The van der Waals surface area contributed by atoms with Gasteiger partial charge in [0.05, 0.1) is 0 Å². The third kappa shape index (κ3) is 2.32. The van der Waals surface area contributed by atoms with Crippen molar-refractivity contribution in [3.05, 3.63) is 0 Å². The minimum absolute atomic E-state index is 0.0644. The Kier molecular flexibility index (Phi) is 3.26. The summed E-state index contributed by atoms with van der Waals surface area (Å²) in [6.45, 7) is 6.25. The van der Waals surface area contributed by atoms with Gasteiger partial charge in [0.25, 0.3) is 0 Å². The lowest BCUT2D eigenvalue weighted by atomic mass is 10.0. The number of hydrogen-bond acceptors (Lipinski definition) is 3. The third-order valence-corrected chi connectivity index (χ3v) is 3.56. The van der Waals surface area contributed by atoms with Gasteiger partial charge in [0.2, 0.25) is 5.91 Å². The van der Waals surface area contributed by atoms with E-state index in [-0.39, 0.29) is 11.9 Å². The van der Waals surface area contributed by atoms with Gasteiger partial charge in [0.15, 0.2) is 0 Å². The molecule has 0 aromatic carbocycles. The summed E-state index contributed by atoms with van der Waals surface area (Å²) < 4.78 is 0. The predicted octanol–water partition coefficient (Wildman–Crippen LogP) is 0.0303. The van der Waals surface area contributed by atoms with E-state index in [2.05, 4.69) is 11.8 Å². The molecule has 4 nitrogen and oxygen atoms in total. The van der Waals surface area contributed by atoms with Gasteiger partial charge in [-0.05, 0) is 25.9 Å². The summed E-state index contributed by atoms with van der Waals surface area (Å²) in [4.78, 5) is 16.1. The molecule has 0 aromatic rings. The van der Waals surface area contributed by atoms with Crippen LogP contribution in [0.4, 0.5) is 0 Å². The van der Waals surface area contributed by atoms with E-state index in [4.69, 9.17) is 5.73 Å². The lowest BCUT2D eigenvalue weighted by molar-refractivity contribution is -0.130. The number of piperidine rings is 1. The molecule has 0 aliphatic carbocycles. The van der Waals surface area contributed by atoms with Gasteiger partial charge in [-0.2, -0.15) is 0 Å². The second-order valence-corrected chi connectivity index (χ2v) is 4.70. The zero-order chi connectivity index (χ0) is 10.8. The molecule has 0 spiro atoms. The molecule has 0 aromatic heterocycles. The Bertz CT molecular complexity index is 244. The number of carbonyl (C=O) groups excluding carboxylic acids is 1. The Hall–Kier alpha value is -0.610. The molecule has 1 amide bonds. The normalized spacial score (nSPS) is 33.7. The first kappa shape index (κ1) is 10.9. The average molecular weight is 211 g/mol. The third-order valence-electron chi connectivity index (χ3n) is 3.56. The molecule has 2 aliphatic heterocycles. The molecule has 0 radical (unpaired) electrons. The quantitative estimate of drug-likeness (QED) is 0.701. The van der Waals surface area contributed by atoms with Crippen LogP contribution in [-0.2, 0) is 4.79 Å². The van der Waals surface area contributed by atoms with E-state index in [0.717, 1.165) is 26.1 Å². The van der Waals surface area contributed by atoms with Crippen LogP contribution in [0.1, 0.15) is 26.2 Å². The fourth-order valence-electron chi connectivity index (χ4n) is 2.69. The van der Waals surface area contributed by atoms with E-state index in [1.165, 1.54) is 13.0 Å². The van der Waals surface area contributed by atoms with Crippen LogP contribution in [0.15, 0.2) is 0 Å². The average Bonchev–Trinajstić information content (AvgIpc) is 2.58. The van der Waals surface area contributed by atoms with Crippen LogP contribution in [0.5, 0.6) is 0 Å². The van der Waals surface area contributed by atoms with Crippen molar-refractivity contribution in [1.82, 2.24) is 9.80 Å². The maximum Gasteiger partial charge on any atom is 0.224 e. The fourth-order valence-corrected chi connectivity index (χ4v) is 2.69. The first-order chi connectivity index (χ1) is 7.20. The molecule has 2 aliphatic rings. The van der Waals surface area contributed by atoms with Gasteiger partial charge in [-0.1, -0.05) is 6.92 Å². The van der Waals surface area contributed by atoms with Crippen LogP contribution >= 0.6 is 0 Å². The van der Waals surface area contributed by atoms with Gasteiger partial charge in [0, 0.05) is 31.6 Å². The molecular weight excluding hydrogens is 190 g/mol. The van der Waals surface area contributed by atoms with Crippen molar-refractivity contribution >= 4 is 5.91 Å². The number of likely N-dealkylation sites (N-methyl/N-ethyl adjacent to an activating group) is 1. The molecule has 0 bridgehead atoms. The van der Waals surface area contributed by atoms with Crippen LogP contribution in [0.3, 0.4) is 0 Å². The van der Waals surface area contributed by atoms with E-state index >= 15 is 0 Å². The molecule has 2 unspecified atom stereocenters. The molecule has 2 rings (SSSR count). The molecule has 2 saturated heterocycles. The summed E-state index contributed by atoms with van der Waals surface area (Å²) in [5.74, 6) is 0.255. The van der Waals surface area contributed by atoms with E-state index in [1.807, 2.05) is 4.90 Å². The maximum atomic E-state index is 11.7. The summed E-state index contributed by atoms with van der Waals surface area (Å²) in [6, 6.07) is 0.481. The molecule has 86 valence electrons. The monoisotopic (exact) mass is 211 g/mol. The predicted molar refractivity (Wildman–Crippen MR) is 59.4 cm³/mol. The lowest BCUT2D eigenvalue weighted by Crippen LogP contribution is -2.48. The number of amides is 1. The van der Waals surface area contributed by atoms with Gasteiger partial charge in [-0.15, -0.1) is 0 Å². The SMILES string of the molecule is CCN1CCCC(N2CC(N)CC2=O)C1. The van der Waals surface area contributed by atoms with Crippen molar-refractivity contribution in [2.24, 2.45) is 5.73 Å². The van der Waals surface area contributed by atoms with Crippen LogP contribution < -0.4 is 5.73 Å². The highest BCUT2D eigenvalue weighted by Gasteiger charge is 2.34. The van der Waals surface area contributed by atoms with Gasteiger partial charge >= 0.3 is 0 Å². The highest BCUT2D eigenvalue weighted by Crippen LogP contribution is 2.20. The van der Waals surface area contributed by atoms with Crippen molar-refractivity contribution in [2.75, 3.05) is 26.2 Å². The van der Waals surface area contributed by atoms with Crippen LogP contribution in [0.25, 0.3) is 0 Å². The van der Waals surface area contributed by atoms with E-state index in [0.29, 0.717) is 12.5 Å². The topological polar surface area (TPSA) is 49.6 Å². The van der Waals surface area contributed by atoms with Crippen molar-refractivity contribution in [3.63, 3.8) is 0 Å². The Labute approximate surface area is 91.4 Å². The lowest BCUT2D eigenvalue weighted by Gasteiger charge is -2.37. The Morgan fingerprint density at radius 1 is 1.47 bits per heavy atom.